The second-order valence-electron chi connectivity index (χ2n) is 5.88. The van der Waals surface area contributed by atoms with Crippen molar-refractivity contribution < 1.29 is 17.6 Å². The SMILES string of the molecule is CCC1(C(NC)c2ccc(F)c(C(F)(F)F)c2)CCCC1. The van der Waals surface area contributed by atoms with Crippen LogP contribution in [0.4, 0.5) is 17.6 Å². The Morgan fingerprint density at radius 2 is 1.86 bits per heavy atom. The Bertz CT molecular complexity index is 490. The van der Waals surface area contributed by atoms with E-state index in [-0.39, 0.29) is 11.5 Å². The summed E-state index contributed by atoms with van der Waals surface area (Å²) in [6, 6.07) is 3.20. The Balaban J connectivity index is 2.43. The highest BCUT2D eigenvalue weighted by molar-refractivity contribution is 5.31. The molecule has 0 aromatic heterocycles. The van der Waals surface area contributed by atoms with Crippen molar-refractivity contribution in [2.24, 2.45) is 5.41 Å². The van der Waals surface area contributed by atoms with Crippen LogP contribution in [0.2, 0.25) is 0 Å². The predicted molar refractivity (Wildman–Crippen MR) is 74.4 cm³/mol. The Morgan fingerprint density at radius 3 is 2.33 bits per heavy atom. The van der Waals surface area contributed by atoms with Crippen LogP contribution in [-0.2, 0) is 6.18 Å². The molecule has 0 saturated heterocycles. The highest BCUT2D eigenvalue weighted by Gasteiger charge is 2.41. The van der Waals surface area contributed by atoms with Crippen molar-refractivity contribution in [3.05, 3.63) is 35.1 Å². The zero-order chi connectivity index (χ0) is 15.7. The van der Waals surface area contributed by atoms with Gasteiger partial charge in [0.1, 0.15) is 5.82 Å². The third-order valence-electron chi connectivity index (χ3n) is 4.83. The Kier molecular flexibility index (Phi) is 4.61. The van der Waals surface area contributed by atoms with Gasteiger partial charge in [0.05, 0.1) is 5.56 Å². The topological polar surface area (TPSA) is 12.0 Å². The fourth-order valence-corrected chi connectivity index (χ4v) is 3.69. The van der Waals surface area contributed by atoms with Crippen LogP contribution in [0.3, 0.4) is 0 Å². The van der Waals surface area contributed by atoms with E-state index in [2.05, 4.69) is 12.2 Å². The number of halogens is 4. The quantitative estimate of drug-likeness (QED) is 0.765. The molecule has 0 amide bonds. The van der Waals surface area contributed by atoms with E-state index in [1.54, 1.807) is 7.05 Å². The van der Waals surface area contributed by atoms with Gasteiger partial charge in [-0.1, -0.05) is 25.8 Å². The number of hydrogen-bond acceptors (Lipinski definition) is 1. The first-order chi connectivity index (χ1) is 9.84. The minimum atomic E-state index is -4.66. The van der Waals surface area contributed by atoms with E-state index >= 15 is 0 Å². The average Bonchev–Trinajstić information content (AvgIpc) is 2.90. The predicted octanol–water partition coefficient (Wildman–Crippen LogP) is 5.08. The molecular formula is C16H21F4N. The van der Waals surface area contributed by atoms with Gasteiger partial charge >= 0.3 is 6.18 Å². The smallest absolute Gasteiger partial charge is 0.313 e. The summed E-state index contributed by atoms with van der Waals surface area (Å²) >= 11 is 0. The van der Waals surface area contributed by atoms with Crippen LogP contribution in [0, 0.1) is 11.2 Å². The summed E-state index contributed by atoms with van der Waals surface area (Å²) in [6.45, 7) is 2.07. The van der Waals surface area contributed by atoms with Crippen LogP contribution in [-0.4, -0.2) is 7.05 Å². The molecule has 2 rings (SSSR count). The molecule has 0 heterocycles. The zero-order valence-electron chi connectivity index (χ0n) is 12.4. The molecule has 1 unspecified atom stereocenters. The molecule has 118 valence electrons. The van der Waals surface area contributed by atoms with Crippen molar-refractivity contribution in [2.45, 2.75) is 51.2 Å². The van der Waals surface area contributed by atoms with E-state index in [1.807, 2.05) is 0 Å². The molecule has 1 aliphatic rings. The van der Waals surface area contributed by atoms with E-state index in [1.165, 1.54) is 6.07 Å². The minimum absolute atomic E-state index is 0.0323. The van der Waals surface area contributed by atoms with Gasteiger partial charge in [-0.05, 0) is 49.4 Å². The number of nitrogens with one attached hydrogen (secondary N) is 1. The van der Waals surface area contributed by atoms with Gasteiger partial charge in [-0.25, -0.2) is 4.39 Å². The largest absolute Gasteiger partial charge is 0.419 e. The summed E-state index contributed by atoms with van der Waals surface area (Å²) in [7, 11) is 1.76. The highest BCUT2D eigenvalue weighted by Crippen LogP contribution is 2.50. The molecule has 0 bridgehead atoms. The Morgan fingerprint density at radius 1 is 1.24 bits per heavy atom. The zero-order valence-corrected chi connectivity index (χ0v) is 12.4. The van der Waals surface area contributed by atoms with E-state index in [0.717, 1.165) is 44.2 Å². The van der Waals surface area contributed by atoms with Gasteiger partial charge in [-0.2, -0.15) is 13.2 Å². The normalized spacial score (nSPS) is 19.7. The van der Waals surface area contributed by atoms with E-state index in [9.17, 15) is 17.6 Å². The van der Waals surface area contributed by atoms with Crippen LogP contribution >= 0.6 is 0 Å². The first kappa shape index (κ1) is 16.3. The Labute approximate surface area is 122 Å². The van der Waals surface area contributed by atoms with Gasteiger partial charge in [0.2, 0.25) is 0 Å². The lowest BCUT2D eigenvalue weighted by atomic mass is 9.73. The molecule has 1 aromatic rings. The monoisotopic (exact) mass is 303 g/mol. The molecule has 0 spiro atoms. The molecule has 1 N–H and O–H groups in total. The summed E-state index contributed by atoms with van der Waals surface area (Å²) < 4.78 is 52.1. The molecular weight excluding hydrogens is 282 g/mol. The van der Waals surface area contributed by atoms with Crippen LogP contribution in [0.15, 0.2) is 18.2 Å². The van der Waals surface area contributed by atoms with Gasteiger partial charge < -0.3 is 5.32 Å². The number of benzene rings is 1. The lowest BCUT2D eigenvalue weighted by Crippen LogP contribution is -2.34. The van der Waals surface area contributed by atoms with Crippen molar-refractivity contribution in [2.75, 3.05) is 7.05 Å². The molecule has 1 atom stereocenters. The molecule has 1 aliphatic carbocycles. The molecule has 5 heteroatoms. The summed E-state index contributed by atoms with van der Waals surface area (Å²) in [4.78, 5) is 0. The van der Waals surface area contributed by atoms with Crippen LogP contribution in [0.1, 0.15) is 56.2 Å². The minimum Gasteiger partial charge on any atom is -0.313 e. The molecule has 0 radical (unpaired) electrons. The van der Waals surface area contributed by atoms with E-state index < -0.39 is 17.6 Å². The van der Waals surface area contributed by atoms with Gasteiger partial charge in [0.25, 0.3) is 0 Å². The van der Waals surface area contributed by atoms with Crippen molar-refractivity contribution in [1.82, 2.24) is 5.32 Å². The summed E-state index contributed by atoms with van der Waals surface area (Å²) in [5.74, 6) is -1.21. The molecule has 21 heavy (non-hydrogen) atoms. The maximum Gasteiger partial charge on any atom is 0.419 e. The maximum absolute atomic E-state index is 13.4. The third kappa shape index (κ3) is 3.07. The van der Waals surface area contributed by atoms with E-state index in [4.69, 9.17) is 0 Å². The third-order valence-corrected chi connectivity index (χ3v) is 4.83. The van der Waals surface area contributed by atoms with Crippen molar-refractivity contribution in [1.29, 1.82) is 0 Å². The number of hydrogen-bond donors (Lipinski definition) is 1. The Hall–Kier alpha value is -1.10. The maximum atomic E-state index is 13.4. The lowest BCUT2D eigenvalue weighted by Gasteiger charge is -2.37. The van der Waals surface area contributed by atoms with Crippen LogP contribution < -0.4 is 5.32 Å². The van der Waals surface area contributed by atoms with Crippen LogP contribution in [0.25, 0.3) is 0 Å². The van der Waals surface area contributed by atoms with Crippen molar-refractivity contribution in [3.8, 4) is 0 Å². The van der Waals surface area contributed by atoms with E-state index in [0.29, 0.717) is 5.56 Å². The lowest BCUT2D eigenvalue weighted by molar-refractivity contribution is -0.140. The second kappa shape index (κ2) is 5.95. The highest BCUT2D eigenvalue weighted by atomic mass is 19.4. The number of rotatable bonds is 4. The van der Waals surface area contributed by atoms with Crippen molar-refractivity contribution in [3.63, 3.8) is 0 Å². The second-order valence-corrected chi connectivity index (χ2v) is 5.88. The summed E-state index contributed by atoms with van der Waals surface area (Å²) in [5, 5.41) is 3.16. The molecule has 0 aliphatic heterocycles. The fourth-order valence-electron chi connectivity index (χ4n) is 3.69. The van der Waals surface area contributed by atoms with Gasteiger partial charge in [0.15, 0.2) is 0 Å². The summed E-state index contributed by atoms with van der Waals surface area (Å²) in [5.41, 5.74) is -0.686. The van der Waals surface area contributed by atoms with Gasteiger partial charge in [-0.3, -0.25) is 0 Å². The summed E-state index contributed by atoms with van der Waals surface area (Å²) in [6.07, 6.45) is 0.421. The first-order valence-corrected chi connectivity index (χ1v) is 7.38. The first-order valence-electron chi connectivity index (χ1n) is 7.38. The average molecular weight is 303 g/mol. The standard InChI is InChI=1S/C16H21F4N/c1-3-15(8-4-5-9-15)14(21-2)11-6-7-13(17)12(10-11)16(18,19)20/h6-7,10,14,21H,3-5,8-9H2,1-2H3. The molecule has 1 aromatic carbocycles. The molecule has 1 saturated carbocycles. The van der Waals surface area contributed by atoms with Gasteiger partial charge in [0, 0.05) is 6.04 Å². The van der Waals surface area contributed by atoms with Crippen molar-refractivity contribution >= 4 is 0 Å². The fraction of sp³-hybridized carbons (Fsp3) is 0.625. The van der Waals surface area contributed by atoms with Gasteiger partial charge in [-0.15, -0.1) is 0 Å². The molecule has 1 fully saturated rings. The molecule has 1 nitrogen and oxygen atoms in total. The van der Waals surface area contributed by atoms with Crippen LogP contribution in [0.5, 0.6) is 0 Å². The number of alkyl halides is 3.